The number of hydrogen-bond donors (Lipinski definition) is 3. The van der Waals surface area contributed by atoms with Gasteiger partial charge in [0.05, 0.1) is 25.4 Å². The molecular weight excluding hydrogens is 971 g/mol. The van der Waals surface area contributed by atoms with Crippen molar-refractivity contribution in [3.63, 3.8) is 0 Å². The van der Waals surface area contributed by atoms with Crippen LogP contribution in [-0.4, -0.2) is 47.4 Å². The Hall–Kier alpha value is -1.14. The molecule has 0 bridgehead atoms. The minimum absolute atomic E-state index is 0.0269. The fraction of sp³-hybridized carbons (Fsp3) is 0.973. The number of hydrogen-bond acceptors (Lipinski definition) is 5. The van der Waals surface area contributed by atoms with Crippen LogP contribution in [0.15, 0.2) is 0 Å². The largest absolute Gasteiger partial charge is 0.466 e. The molecule has 79 heavy (non-hydrogen) atoms. The summed E-state index contributed by atoms with van der Waals surface area (Å²) < 4.78 is 5.51. The minimum Gasteiger partial charge on any atom is -0.466 e. The zero-order chi connectivity index (χ0) is 57.1. The topological polar surface area (TPSA) is 95.9 Å². The van der Waals surface area contributed by atoms with E-state index in [2.05, 4.69) is 19.2 Å². The molecule has 0 heterocycles. The highest BCUT2D eigenvalue weighted by Gasteiger charge is 2.20. The standard InChI is InChI=1S/C73H145NO5/c1-3-5-7-9-11-13-15-17-18-36-40-43-47-51-55-59-63-67-73(78)79-68-64-60-56-52-48-44-41-38-35-33-31-29-27-25-23-21-19-20-22-24-26-28-30-32-34-37-39-42-46-50-54-58-62-66-72(77)74-70(69-75)71(76)65-61-57-53-49-45-16-14-12-10-8-6-4-2/h70-71,75-76H,3-69H2,1-2H3,(H,74,77). The van der Waals surface area contributed by atoms with Gasteiger partial charge in [0.1, 0.15) is 0 Å². The highest BCUT2D eigenvalue weighted by atomic mass is 16.5. The van der Waals surface area contributed by atoms with Crippen molar-refractivity contribution in [3.8, 4) is 0 Å². The third-order valence-corrected chi connectivity index (χ3v) is 17.7. The Morgan fingerprint density at radius 1 is 0.304 bits per heavy atom. The van der Waals surface area contributed by atoms with E-state index in [-0.39, 0.29) is 18.5 Å². The van der Waals surface area contributed by atoms with Crippen LogP contribution in [0.4, 0.5) is 0 Å². The van der Waals surface area contributed by atoms with Crippen LogP contribution in [0, 0.1) is 0 Å². The molecule has 0 saturated carbocycles. The molecule has 0 aromatic rings. The zero-order valence-corrected chi connectivity index (χ0v) is 54.2. The predicted molar refractivity (Wildman–Crippen MR) is 347 cm³/mol. The van der Waals surface area contributed by atoms with Crippen molar-refractivity contribution in [2.75, 3.05) is 13.2 Å². The highest BCUT2D eigenvalue weighted by Crippen LogP contribution is 2.20. The lowest BCUT2D eigenvalue weighted by molar-refractivity contribution is -0.143. The highest BCUT2D eigenvalue weighted by molar-refractivity contribution is 5.76. The molecule has 0 aliphatic heterocycles. The summed E-state index contributed by atoms with van der Waals surface area (Å²) in [6.07, 6.45) is 84.7. The fourth-order valence-corrected chi connectivity index (χ4v) is 12.1. The molecule has 0 fully saturated rings. The Balaban J connectivity index is 3.27. The van der Waals surface area contributed by atoms with E-state index in [4.69, 9.17) is 4.74 Å². The summed E-state index contributed by atoms with van der Waals surface area (Å²) >= 11 is 0. The molecule has 0 radical (unpaired) electrons. The molecule has 0 saturated heterocycles. The summed E-state index contributed by atoms with van der Waals surface area (Å²) in [4.78, 5) is 24.6. The second-order valence-electron chi connectivity index (χ2n) is 25.6. The third-order valence-electron chi connectivity index (χ3n) is 17.7. The van der Waals surface area contributed by atoms with Crippen molar-refractivity contribution in [2.45, 2.75) is 443 Å². The van der Waals surface area contributed by atoms with E-state index >= 15 is 0 Å². The van der Waals surface area contributed by atoms with Crippen LogP contribution in [0.5, 0.6) is 0 Å². The van der Waals surface area contributed by atoms with Crippen molar-refractivity contribution in [3.05, 3.63) is 0 Å². The quantitative estimate of drug-likeness (QED) is 0.0417. The summed E-state index contributed by atoms with van der Waals surface area (Å²) in [7, 11) is 0. The first-order valence-electron chi connectivity index (χ1n) is 36.8. The SMILES string of the molecule is CCCCCCCCCCCCCCCCCCCC(=O)OCCCCCCCCCCCCCCCCCCCCCCCCCCCCCCCCCCCC(=O)NC(CO)C(O)CCCCCCCCCCCCCC. The number of amides is 1. The lowest BCUT2D eigenvalue weighted by Crippen LogP contribution is -2.45. The van der Waals surface area contributed by atoms with Gasteiger partial charge >= 0.3 is 5.97 Å². The van der Waals surface area contributed by atoms with Gasteiger partial charge in [0.25, 0.3) is 0 Å². The van der Waals surface area contributed by atoms with Gasteiger partial charge in [-0.2, -0.15) is 0 Å². The maximum Gasteiger partial charge on any atom is 0.305 e. The van der Waals surface area contributed by atoms with Gasteiger partial charge in [-0.3, -0.25) is 9.59 Å². The summed E-state index contributed by atoms with van der Waals surface area (Å²) in [6, 6.07) is -0.535. The first-order chi connectivity index (χ1) is 39.0. The number of carbonyl (C=O) groups excluding carboxylic acids is 2. The Morgan fingerprint density at radius 3 is 0.772 bits per heavy atom. The predicted octanol–water partition coefficient (Wildman–Crippen LogP) is 23.8. The summed E-state index contributed by atoms with van der Waals surface area (Å²) in [5.74, 6) is -0.000814. The van der Waals surface area contributed by atoms with Crippen LogP contribution >= 0.6 is 0 Å². The molecule has 6 heteroatoms. The molecule has 0 spiro atoms. The number of nitrogens with one attached hydrogen (secondary N) is 1. The lowest BCUT2D eigenvalue weighted by Gasteiger charge is -2.22. The number of aliphatic hydroxyl groups is 2. The number of aliphatic hydroxyl groups excluding tert-OH is 2. The number of ether oxygens (including phenoxy) is 1. The van der Waals surface area contributed by atoms with Crippen LogP contribution in [0.2, 0.25) is 0 Å². The Kier molecular flexibility index (Phi) is 68.4. The summed E-state index contributed by atoms with van der Waals surface area (Å²) in [5.41, 5.74) is 0. The molecule has 1 amide bonds. The van der Waals surface area contributed by atoms with Crippen LogP contribution in [0.25, 0.3) is 0 Å². The maximum atomic E-state index is 12.5. The Bertz CT molecular complexity index is 1150. The first-order valence-corrected chi connectivity index (χ1v) is 36.8. The van der Waals surface area contributed by atoms with E-state index < -0.39 is 12.1 Å². The van der Waals surface area contributed by atoms with Crippen LogP contribution in [0.1, 0.15) is 431 Å². The number of rotatable bonds is 70. The monoisotopic (exact) mass is 1120 g/mol. The third kappa shape index (κ3) is 65.9. The average molecular weight is 1120 g/mol. The molecule has 0 aliphatic rings. The molecule has 0 aromatic heterocycles. The van der Waals surface area contributed by atoms with Crippen LogP contribution in [-0.2, 0) is 14.3 Å². The van der Waals surface area contributed by atoms with Gasteiger partial charge in [0.2, 0.25) is 5.91 Å². The molecule has 0 aliphatic carbocycles. The second-order valence-corrected chi connectivity index (χ2v) is 25.6. The van der Waals surface area contributed by atoms with Gasteiger partial charge in [0, 0.05) is 12.8 Å². The van der Waals surface area contributed by atoms with Gasteiger partial charge in [0.15, 0.2) is 0 Å². The van der Waals surface area contributed by atoms with E-state index in [1.807, 2.05) is 0 Å². The Morgan fingerprint density at radius 2 is 0.519 bits per heavy atom. The van der Waals surface area contributed by atoms with Gasteiger partial charge in [-0.1, -0.05) is 393 Å². The molecule has 0 aromatic carbocycles. The molecule has 0 rings (SSSR count). The molecular formula is C73H145NO5. The zero-order valence-electron chi connectivity index (χ0n) is 54.2. The van der Waals surface area contributed by atoms with E-state index in [0.717, 1.165) is 38.5 Å². The van der Waals surface area contributed by atoms with Crippen molar-refractivity contribution >= 4 is 11.9 Å². The number of carbonyl (C=O) groups is 2. The Labute approximate surface area is 496 Å². The molecule has 6 nitrogen and oxygen atoms in total. The van der Waals surface area contributed by atoms with E-state index in [9.17, 15) is 19.8 Å². The van der Waals surface area contributed by atoms with Gasteiger partial charge < -0.3 is 20.3 Å². The number of esters is 1. The summed E-state index contributed by atoms with van der Waals surface area (Å²) in [6.45, 7) is 5.00. The fourth-order valence-electron chi connectivity index (χ4n) is 12.1. The van der Waals surface area contributed by atoms with E-state index in [1.165, 1.54) is 360 Å². The second kappa shape index (κ2) is 69.4. The lowest BCUT2D eigenvalue weighted by atomic mass is 10.0. The van der Waals surface area contributed by atoms with Crippen molar-refractivity contribution in [1.82, 2.24) is 5.32 Å². The van der Waals surface area contributed by atoms with Crippen molar-refractivity contribution in [2.24, 2.45) is 0 Å². The van der Waals surface area contributed by atoms with Crippen molar-refractivity contribution < 1.29 is 24.5 Å². The normalized spacial score (nSPS) is 12.4. The maximum absolute atomic E-state index is 12.5. The summed E-state index contributed by atoms with van der Waals surface area (Å²) in [5, 5.41) is 23.3. The van der Waals surface area contributed by atoms with E-state index in [0.29, 0.717) is 25.9 Å². The molecule has 2 atom stereocenters. The minimum atomic E-state index is -0.658. The average Bonchev–Trinajstić information content (AvgIpc) is 3.45. The van der Waals surface area contributed by atoms with Gasteiger partial charge in [-0.15, -0.1) is 0 Å². The first kappa shape index (κ1) is 77.9. The smallest absolute Gasteiger partial charge is 0.305 e. The number of unbranched alkanes of at least 4 members (excludes halogenated alkanes) is 59. The van der Waals surface area contributed by atoms with Crippen molar-refractivity contribution in [1.29, 1.82) is 0 Å². The van der Waals surface area contributed by atoms with E-state index in [1.54, 1.807) is 0 Å². The molecule has 472 valence electrons. The van der Waals surface area contributed by atoms with Gasteiger partial charge in [-0.25, -0.2) is 0 Å². The van der Waals surface area contributed by atoms with Gasteiger partial charge in [-0.05, 0) is 25.7 Å². The van der Waals surface area contributed by atoms with Crippen LogP contribution in [0.3, 0.4) is 0 Å². The van der Waals surface area contributed by atoms with Crippen LogP contribution < -0.4 is 5.32 Å². The molecule has 2 unspecified atom stereocenters. The molecule has 3 N–H and O–H groups in total.